The van der Waals surface area contributed by atoms with Gasteiger partial charge in [0.05, 0.1) is 4.92 Å². The van der Waals surface area contributed by atoms with E-state index in [-0.39, 0.29) is 17.2 Å². The van der Waals surface area contributed by atoms with Crippen LogP contribution in [0, 0.1) is 17.0 Å². The number of nitrogens with one attached hydrogen (secondary N) is 1. The van der Waals surface area contributed by atoms with E-state index < -0.39 is 4.92 Å². The fourth-order valence-corrected chi connectivity index (χ4v) is 2.93. The molecule has 2 rings (SSSR count). The van der Waals surface area contributed by atoms with Crippen molar-refractivity contribution in [3.8, 4) is 0 Å². The number of benzene rings is 1. The van der Waals surface area contributed by atoms with Gasteiger partial charge in [0.1, 0.15) is 5.56 Å². The first-order valence-electron chi connectivity index (χ1n) is 7.30. The number of rotatable bonds is 5. The first-order valence-corrected chi connectivity index (χ1v) is 7.30. The molecule has 114 valence electrons. The molecule has 1 saturated heterocycles. The average Bonchev–Trinajstić information content (AvgIpc) is 2.91. The Balaban J connectivity index is 2.07. The van der Waals surface area contributed by atoms with Crippen LogP contribution in [0.4, 0.5) is 5.69 Å². The van der Waals surface area contributed by atoms with Gasteiger partial charge in [-0.1, -0.05) is 19.1 Å². The van der Waals surface area contributed by atoms with Crippen LogP contribution in [0.25, 0.3) is 0 Å². The van der Waals surface area contributed by atoms with Gasteiger partial charge in [-0.15, -0.1) is 0 Å². The van der Waals surface area contributed by atoms with Crippen molar-refractivity contribution in [2.45, 2.75) is 32.7 Å². The fourth-order valence-electron chi connectivity index (χ4n) is 2.93. The van der Waals surface area contributed by atoms with E-state index in [4.69, 9.17) is 0 Å². The molecule has 1 unspecified atom stereocenters. The summed E-state index contributed by atoms with van der Waals surface area (Å²) in [5.41, 5.74) is 0.540. The normalized spacial score (nSPS) is 18.7. The fraction of sp³-hybridized carbons (Fsp3) is 0.533. The second-order valence-electron chi connectivity index (χ2n) is 5.36. The van der Waals surface area contributed by atoms with E-state index in [0.29, 0.717) is 18.2 Å². The van der Waals surface area contributed by atoms with Gasteiger partial charge in [-0.2, -0.15) is 0 Å². The third-order valence-electron chi connectivity index (χ3n) is 4.07. The van der Waals surface area contributed by atoms with Crippen LogP contribution in [0.15, 0.2) is 18.2 Å². The number of hydrogen-bond donors (Lipinski definition) is 1. The molecule has 1 aromatic carbocycles. The number of nitro benzene ring substituents is 1. The lowest BCUT2D eigenvalue weighted by molar-refractivity contribution is -0.385. The first kappa shape index (κ1) is 15.4. The second kappa shape index (κ2) is 6.67. The van der Waals surface area contributed by atoms with Crippen molar-refractivity contribution in [1.29, 1.82) is 0 Å². The molecule has 1 atom stereocenters. The Bertz CT molecular complexity index is 545. The molecule has 1 amide bonds. The van der Waals surface area contributed by atoms with Gasteiger partial charge in [-0.05, 0) is 38.9 Å². The van der Waals surface area contributed by atoms with Crippen LogP contribution >= 0.6 is 0 Å². The number of carbonyl (C=O) groups is 1. The molecule has 1 fully saturated rings. The topological polar surface area (TPSA) is 75.5 Å². The third-order valence-corrected chi connectivity index (χ3v) is 4.07. The second-order valence-corrected chi connectivity index (χ2v) is 5.36. The van der Waals surface area contributed by atoms with E-state index in [1.54, 1.807) is 19.1 Å². The molecule has 6 nitrogen and oxygen atoms in total. The standard InChI is InChI=1S/C15H21N3O3/c1-3-17-9-5-7-12(17)10-16-15(19)13-8-4-6-11(2)14(13)18(20)21/h4,6,8,12H,3,5,7,9-10H2,1-2H3,(H,16,19). The maximum Gasteiger partial charge on any atom is 0.285 e. The Morgan fingerprint density at radius 3 is 2.95 bits per heavy atom. The Hall–Kier alpha value is -1.95. The predicted octanol–water partition coefficient (Wildman–Crippen LogP) is 2.12. The minimum Gasteiger partial charge on any atom is -0.350 e. The van der Waals surface area contributed by atoms with Crippen LogP contribution in [0.3, 0.4) is 0 Å². The van der Waals surface area contributed by atoms with E-state index >= 15 is 0 Å². The van der Waals surface area contributed by atoms with Crippen molar-refractivity contribution in [2.24, 2.45) is 0 Å². The molecule has 1 heterocycles. The molecular formula is C15H21N3O3. The molecule has 0 aromatic heterocycles. The summed E-state index contributed by atoms with van der Waals surface area (Å²) in [5.74, 6) is -0.367. The molecule has 0 spiro atoms. The number of amides is 1. The number of aryl methyl sites for hydroxylation is 1. The molecule has 0 saturated carbocycles. The lowest BCUT2D eigenvalue weighted by Crippen LogP contribution is -2.40. The molecule has 21 heavy (non-hydrogen) atoms. The summed E-state index contributed by atoms with van der Waals surface area (Å²) >= 11 is 0. The maximum atomic E-state index is 12.2. The van der Waals surface area contributed by atoms with E-state index in [2.05, 4.69) is 17.1 Å². The zero-order chi connectivity index (χ0) is 15.4. The van der Waals surface area contributed by atoms with Crippen molar-refractivity contribution in [2.75, 3.05) is 19.6 Å². The van der Waals surface area contributed by atoms with Crippen LogP contribution in [0.5, 0.6) is 0 Å². The van der Waals surface area contributed by atoms with Crippen LogP contribution in [-0.4, -0.2) is 41.4 Å². The summed E-state index contributed by atoms with van der Waals surface area (Å²) in [6.07, 6.45) is 2.20. The summed E-state index contributed by atoms with van der Waals surface area (Å²) in [6.45, 7) is 6.31. The van der Waals surface area contributed by atoms with E-state index in [1.165, 1.54) is 6.07 Å². The molecule has 0 aliphatic carbocycles. The lowest BCUT2D eigenvalue weighted by Gasteiger charge is -2.22. The third kappa shape index (κ3) is 3.39. The van der Waals surface area contributed by atoms with Gasteiger partial charge in [0.25, 0.3) is 11.6 Å². The molecule has 1 aromatic rings. The number of likely N-dealkylation sites (N-methyl/N-ethyl adjacent to an activating group) is 1. The minimum atomic E-state index is -0.488. The Morgan fingerprint density at radius 1 is 1.52 bits per heavy atom. The number of nitro groups is 1. The van der Waals surface area contributed by atoms with E-state index in [1.807, 2.05) is 0 Å². The van der Waals surface area contributed by atoms with E-state index in [0.717, 1.165) is 25.9 Å². The number of likely N-dealkylation sites (tertiary alicyclic amines) is 1. The summed E-state index contributed by atoms with van der Waals surface area (Å²) in [5, 5.41) is 14.0. The lowest BCUT2D eigenvalue weighted by atomic mass is 10.1. The van der Waals surface area contributed by atoms with Crippen molar-refractivity contribution >= 4 is 11.6 Å². The van der Waals surface area contributed by atoms with Crippen molar-refractivity contribution in [3.05, 3.63) is 39.4 Å². The van der Waals surface area contributed by atoms with Gasteiger partial charge < -0.3 is 5.32 Å². The number of para-hydroxylation sites is 1. The van der Waals surface area contributed by atoms with Gasteiger partial charge in [-0.3, -0.25) is 19.8 Å². The predicted molar refractivity (Wildman–Crippen MR) is 80.4 cm³/mol. The first-order chi connectivity index (χ1) is 10.0. The van der Waals surface area contributed by atoms with E-state index in [9.17, 15) is 14.9 Å². The Morgan fingerprint density at radius 2 is 2.29 bits per heavy atom. The highest BCUT2D eigenvalue weighted by molar-refractivity contribution is 5.98. The summed E-state index contributed by atoms with van der Waals surface area (Å²) in [6, 6.07) is 5.16. The number of hydrogen-bond acceptors (Lipinski definition) is 4. The van der Waals surface area contributed by atoms with Gasteiger partial charge in [0.15, 0.2) is 0 Å². The molecule has 1 aliphatic heterocycles. The quantitative estimate of drug-likeness (QED) is 0.666. The SMILES string of the molecule is CCN1CCCC1CNC(=O)c1cccc(C)c1[N+](=O)[O-]. The maximum absolute atomic E-state index is 12.2. The summed E-state index contributed by atoms with van der Waals surface area (Å²) in [7, 11) is 0. The van der Waals surface area contributed by atoms with Crippen LogP contribution in [0.1, 0.15) is 35.7 Å². The molecule has 1 aliphatic rings. The molecule has 0 bridgehead atoms. The van der Waals surface area contributed by atoms with Crippen LogP contribution in [-0.2, 0) is 0 Å². The van der Waals surface area contributed by atoms with Crippen LogP contribution < -0.4 is 5.32 Å². The van der Waals surface area contributed by atoms with Gasteiger partial charge in [0.2, 0.25) is 0 Å². The number of nitrogens with zero attached hydrogens (tertiary/aromatic N) is 2. The summed E-state index contributed by atoms with van der Waals surface area (Å²) in [4.78, 5) is 25.2. The summed E-state index contributed by atoms with van der Waals surface area (Å²) < 4.78 is 0. The monoisotopic (exact) mass is 291 g/mol. The largest absolute Gasteiger partial charge is 0.350 e. The molecular weight excluding hydrogens is 270 g/mol. The number of carbonyl (C=O) groups excluding carboxylic acids is 1. The minimum absolute atomic E-state index is 0.103. The van der Waals surface area contributed by atoms with Crippen molar-refractivity contribution in [3.63, 3.8) is 0 Å². The Labute approximate surface area is 124 Å². The average molecular weight is 291 g/mol. The Kier molecular flexibility index (Phi) is 4.90. The highest BCUT2D eigenvalue weighted by Crippen LogP contribution is 2.23. The molecule has 1 N–H and O–H groups in total. The highest BCUT2D eigenvalue weighted by Gasteiger charge is 2.26. The van der Waals surface area contributed by atoms with Gasteiger partial charge in [-0.25, -0.2) is 0 Å². The molecule has 6 heteroatoms. The zero-order valence-corrected chi connectivity index (χ0v) is 12.5. The highest BCUT2D eigenvalue weighted by atomic mass is 16.6. The zero-order valence-electron chi connectivity index (χ0n) is 12.5. The smallest absolute Gasteiger partial charge is 0.285 e. The molecule has 0 radical (unpaired) electrons. The van der Waals surface area contributed by atoms with Crippen molar-refractivity contribution < 1.29 is 9.72 Å². The van der Waals surface area contributed by atoms with Gasteiger partial charge in [0, 0.05) is 18.2 Å². The van der Waals surface area contributed by atoms with Gasteiger partial charge >= 0.3 is 0 Å². The van der Waals surface area contributed by atoms with Crippen molar-refractivity contribution in [1.82, 2.24) is 10.2 Å². The van der Waals surface area contributed by atoms with Crippen LogP contribution in [0.2, 0.25) is 0 Å².